The van der Waals surface area contributed by atoms with Crippen molar-refractivity contribution in [3.05, 3.63) is 0 Å². The fourth-order valence-corrected chi connectivity index (χ4v) is 4.35. The number of aliphatic hydroxyl groups excluding tert-OH is 2. The van der Waals surface area contributed by atoms with Gasteiger partial charge in [-0.3, -0.25) is 4.79 Å². The zero-order chi connectivity index (χ0) is 16.2. The van der Waals surface area contributed by atoms with Gasteiger partial charge in [0.15, 0.2) is 0 Å². The number of fused-ring (bicyclic) bond motifs is 1. The number of aliphatic hydroxyl groups is 2. The maximum atomic E-state index is 11.8. The van der Waals surface area contributed by atoms with Crippen LogP contribution in [0.1, 0.15) is 32.6 Å². The Morgan fingerprint density at radius 1 is 1.36 bits per heavy atom. The SMILES string of the molecule is CC(CO)(CO)NC(=O)CCCC[C@@H]1SC[C@@H]2NC(=O)N[C@@H]21. The highest BCUT2D eigenvalue weighted by atomic mass is 32.2. The smallest absolute Gasteiger partial charge is 0.315 e. The summed E-state index contributed by atoms with van der Waals surface area (Å²) in [5, 5.41) is 27.2. The molecule has 0 unspecified atom stereocenters. The standard InChI is InChI=1S/C14H25N3O4S/c1-14(7-18,8-19)17-11(20)5-3-2-4-10-12-9(6-22-10)15-13(21)16-12/h9-10,12,18-19H,2-8H2,1H3,(H,17,20)(H2,15,16,21)/t9-,10-,12-/m0/s1. The highest BCUT2D eigenvalue weighted by Crippen LogP contribution is 2.33. The first-order chi connectivity index (χ1) is 10.5. The number of unbranched alkanes of at least 4 members (excludes halogenated alkanes) is 1. The molecule has 0 aliphatic carbocycles. The van der Waals surface area contributed by atoms with Crippen molar-refractivity contribution in [1.82, 2.24) is 16.0 Å². The lowest BCUT2D eigenvalue weighted by molar-refractivity contribution is -0.124. The fourth-order valence-electron chi connectivity index (χ4n) is 2.80. The Labute approximate surface area is 134 Å². The molecule has 3 amide bonds. The van der Waals surface area contributed by atoms with E-state index in [4.69, 9.17) is 10.2 Å². The Hall–Kier alpha value is -0.990. The van der Waals surface area contributed by atoms with Crippen molar-refractivity contribution >= 4 is 23.7 Å². The molecular formula is C14H25N3O4S. The summed E-state index contributed by atoms with van der Waals surface area (Å²) in [6, 6.07) is 0.367. The Balaban J connectivity index is 1.63. The van der Waals surface area contributed by atoms with Gasteiger partial charge in [-0.15, -0.1) is 0 Å². The van der Waals surface area contributed by atoms with Crippen molar-refractivity contribution in [1.29, 1.82) is 0 Å². The van der Waals surface area contributed by atoms with Crippen molar-refractivity contribution in [2.45, 2.75) is 55.5 Å². The summed E-state index contributed by atoms with van der Waals surface area (Å²) < 4.78 is 0. The van der Waals surface area contributed by atoms with E-state index in [1.807, 2.05) is 11.8 Å². The first-order valence-corrected chi connectivity index (χ1v) is 8.74. The molecule has 0 radical (unpaired) electrons. The number of carbonyl (C=O) groups excluding carboxylic acids is 2. The number of nitrogens with one attached hydrogen (secondary N) is 3. The van der Waals surface area contributed by atoms with Gasteiger partial charge >= 0.3 is 6.03 Å². The van der Waals surface area contributed by atoms with Crippen LogP contribution in [0, 0.1) is 0 Å². The van der Waals surface area contributed by atoms with E-state index in [1.165, 1.54) is 0 Å². The van der Waals surface area contributed by atoms with Crippen molar-refractivity contribution < 1.29 is 19.8 Å². The number of hydrogen-bond acceptors (Lipinski definition) is 5. The van der Waals surface area contributed by atoms with Crippen molar-refractivity contribution in [2.24, 2.45) is 0 Å². The molecule has 0 spiro atoms. The molecule has 0 aromatic rings. The van der Waals surface area contributed by atoms with Gasteiger partial charge in [0.25, 0.3) is 0 Å². The maximum absolute atomic E-state index is 11.8. The third-order valence-corrected chi connectivity index (χ3v) is 5.73. The molecule has 7 nitrogen and oxygen atoms in total. The minimum absolute atomic E-state index is 0.0769. The molecule has 2 aliphatic rings. The average Bonchev–Trinajstić information content (AvgIpc) is 3.03. The van der Waals surface area contributed by atoms with Crippen molar-refractivity contribution in [3.8, 4) is 0 Å². The molecule has 2 saturated heterocycles. The van der Waals surface area contributed by atoms with Crippen LogP contribution in [-0.4, -0.2) is 64.0 Å². The Morgan fingerprint density at radius 2 is 2.09 bits per heavy atom. The van der Waals surface area contributed by atoms with E-state index in [0.717, 1.165) is 25.0 Å². The second-order valence-electron chi connectivity index (χ2n) is 6.29. The van der Waals surface area contributed by atoms with Crippen LogP contribution in [-0.2, 0) is 4.79 Å². The van der Waals surface area contributed by atoms with E-state index in [2.05, 4.69) is 16.0 Å². The summed E-state index contributed by atoms with van der Waals surface area (Å²) >= 11 is 1.87. The van der Waals surface area contributed by atoms with Gasteiger partial charge < -0.3 is 26.2 Å². The molecule has 2 fully saturated rings. The van der Waals surface area contributed by atoms with Gasteiger partial charge in [-0.25, -0.2) is 4.79 Å². The molecule has 126 valence electrons. The summed E-state index contributed by atoms with van der Waals surface area (Å²) in [5.74, 6) is 0.790. The molecule has 2 heterocycles. The van der Waals surface area contributed by atoms with E-state index in [0.29, 0.717) is 11.7 Å². The predicted octanol–water partition coefficient (Wildman–Crippen LogP) is -0.428. The number of rotatable bonds is 8. The lowest BCUT2D eigenvalue weighted by Crippen LogP contribution is -2.51. The van der Waals surface area contributed by atoms with Crippen LogP contribution in [0.3, 0.4) is 0 Å². The minimum Gasteiger partial charge on any atom is -0.394 e. The van der Waals surface area contributed by atoms with Crippen LogP contribution < -0.4 is 16.0 Å². The Bertz CT molecular complexity index is 417. The molecule has 3 atom stereocenters. The first-order valence-electron chi connectivity index (χ1n) is 7.69. The van der Waals surface area contributed by atoms with E-state index in [-0.39, 0.29) is 37.2 Å². The number of urea groups is 1. The summed E-state index contributed by atoms with van der Waals surface area (Å²) in [7, 11) is 0. The zero-order valence-electron chi connectivity index (χ0n) is 12.8. The van der Waals surface area contributed by atoms with Crippen molar-refractivity contribution in [2.75, 3.05) is 19.0 Å². The minimum atomic E-state index is -0.953. The molecule has 2 rings (SSSR count). The quantitative estimate of drug-likeness (QED) is 0.306. The van der Waals surface area contributed by atoms with Crippen LogP contribution in [0.2, 0.25) is 0 Å². The summed E-state index contributed by atoms with van der Waals surface area (Å²) in [6.45, 7) is 1.03. The van der Waals surface area contributed by atoms with Gasteiger partial charge in [0.2, 0.25) is 5.91 Å². The average molecular weight is 331 g/mol. The van der Waals surface area contributed by atoms with Gasteiger partial charge in [0.1, 0.15) is 0 Å². The van der Waals surface area contributed by atoms with Crippen LogP contribution in [0.15, 0.2) is 0 Å². The Morgan fingerprint density at radius 3 is 2.77 bits per heavy atom. The van der Waals surface area contributed by atoms with E-state index in [9.17, 15) is 9.59 Å². The van der Waals surface area contributed by atoms with Gasteiger partial charge in [0, 0.05) is 17.4 Å². The van der Waals surface area contributed by atoms with Crippen LogP contribution >= 0.6 is 11.8 Å². The van der Waals surface area contributed by atoms with Gasteiger partial charge in [0.05, 0.1) is 30.8 Å². The lowest BCUT2D eigenvalue weighted by atomic mass is 10.0. The van der Waals surface area contributed by atoms with Crippen LogP contribution in [0.25, 0.3) is 0 Å². The largest absolute Gasteiger partial charge is 0.394 e. The molecule has 0 bridgehead atoms. The molecule has 0 saturated carbocycles. The molecule has 2 aliphatic heterocycles. The van der Waals surface area contributed by atoms with Crippen LogP contribution in [0.5, 0.6) is 0 Å². The van der Waals surface area contributed by atoms with Crippen molar-refractivity contribution in [3.63, 3.8) is 0 Å². The van der Waals surface area contributed by atoms with Crippen LogP contribution in [0.4, 0.5) is 4.79 Å². The number of hydrogen-bond donors (Lipinski definition) is 5. The molecule has 0 aromatic heterocycles. The Kier molecular flexibility index (Phi) is 5.94. The molecule has 22 heavy (non-hydrogen) atoms. The fraction of sp³-hybridized carbons (Fsp3) is 0.857. The zero-order valence-corrected chi connectivity index (χ0v) is 13.6. The van der Waals surface area contributed by atoms with E-state index >= 15 is 0 Å². The number of carbonyl (C=O) groups is 2. The normalized spacial score (nSPS) is 27.2. The molecule has 5 N–H and O–H groups in total. The van der Waals surface area contributed by atoms with Gasteiger partial charge in [-0.05, 0) is 19.8 Å². The topological polar surface area (TPSA) is 111 Å². The second kappa shape index (κ2) is 7.52. The second-order valence-corrected chi connectivity index (χ2v) is 7.56. The van der Waals surface area contributed by atoms with Gasteiger partial charge in [-0.2, -0.15) is 11.8 Å². The number of amides is 3. The number of thioether (sulfide) groups is 1. The lowest BCUT2D eigenvalue weighted by Gasteiger charge is -2.26. The third kappa shape index (κ3) is 4.27. The maximum Gasteiger partial charge on any atom is 0.315 e. The van der Waals surface area contributed by atoms with Gasteiger partial charge in [-0.1, -0.05) is 6.42 Å². The molecule has 0 aromatic carbocycles. The monoisotopic (exact) mass is 331 g/mol. The summed E-state index contributed by atoms with van der Waals surface area (Å²) in [6.07, 6.45) is 3.03. The molecular weight excluding hydrogens is 306 g/mol. The predicted molar refractivity (Wildman–Crippen MR) is 84.7 cm³/mol. The summed E-state index contributed by atoms with van der Waals surface area (Å²) in [5.41, 5.74) is -0.953. The highest BCUT2D eigenvalue weighted by Gasteiger charge is 2.42. The highest BCUT2D eigenvalue weighted by molar-refractivity contribution is 8.00. The summed E-state index contributed by atoms with van der Waals surface area (Å²) in [4.78, 5) is 23.1. The first kappa shape index (κ1) is 17.4. The third-order valence-electron chi connectivity index (χ3n) is 4.22. The molecule has 8 heteroatoms. The van der Waals surface area contributed by atoms with E-state index in [1.54, 1.807) is 6.92 Å². The van der Waals surface area contributed by atoms with E-state index < -0.39 is 5.54 Å².